The van der Waals surface area contributed by atoms with Gasteiger partial charge in [0.25, 0.3) is 0 Å². The Labute approximate surface area is 100 Å². The van der Waals surface area contributed by atoms with Crippen molar-refractivity contribution in [3.8, 4) is 0 Å². The Kier molecular flexibility index (Phi) is 7.79. The number of nitrogens with two attached hydrogens (primary N) is 1. The van der Waals surface area contributed by atoms with Crippen LogP contribution in [0.5, 0.6) is 0 Å². The maximum Gasteiger partial charge on any atom is -0.00773 e. The normalized spacial score (nSPS) is 10.6. The molecule has 16 heavy (non-hydrogen) atoms. The van der Waals surface area contributed by atoms with Crippen molar-refractivity contribution in [2.75, 3.05) is 6.54 Å². The number of hydrogen-bond donors (Lipinski definition) is 1. The van der Waals surface area contributed by atoms with Gasteiger partial charge >= 0.3 is 0 Å². The summed E-state index contributed by atoms with van der Waals surface area (Å²) in [4.78, 5) is 0. The van der Waals surface area contributed by atoms with Gasteiger partial charge in [-0.05, 0) is 31.4 Å². The minimum atomic E-state index is 0.855. The fourth-order valence-electron chi connectivity index (χ4n) is 2.00. The van der Waals surface area contributed by atoms with Crippen molar-refractivity contribution in [3.63, 3.8) is 0 Å². The van der Waals surface area contributed by atoms with Crippen LogP contribution in [0.15, 0.2) is 30.3 Å². The zero-order valence-electron chi connectivity index (χ0n) is 10.3. The minimum Gasteiger partial charge on any atom is -0.330 e. The molecular formula is C15H25N. The number of benzene rings is 1. The lowest BCUT2D eigenvalue weighted by atomic mass is 10.0. The Morgan fingerprint density at radius 2 is 1.25 bits per heavy atom. The minimum absolute atomic E-state index is 0.855. The first-order chi connectivity index (χ1) is 7.93. The van der Waals surface area contributed by atoms with Crippen molar-refractivity contribution in [1.82, 2.24) is 0 Å². The standard InChI is InChI=1S/C15H25N/c16-14-10-5-3-1-2-4-7-11-15-12-8-6-9-13-15/h6,8-9,12-13H,1-5,7,10-11,14,16H2. The smallest absolute Gasteiger partial charge is 0.00773 e. The zero-order chi connectivity index (χ0) is 11.5. The summed E-state index contributed by atoms with van der Waals surface area (Å²) in [5.74, 6) is 0. The molecule has 0 heterocycles. The molecule has 0 radical (unpaired) electrons. The second-order valence-electron chi connectivity index (χ2n) is 4.50. The molecule has 1 aromatic carbocycles. The monoisotopic (exact) mass is 219 g/mol. The van der Waals surface area contributed by atoms with Gasteiger partial charge in [-0.15, -0.1) is 0 Å². The van der Waals surface area contributed by atoms with Crippen LogP contribution in [0.4, 0.5) is 0 Å². The van der Waals surface area contributed by atoms with E-state index in [0.29, 0.717) is 0 Å². The van der Waals surface area contributed by atoms with Crippen LogP contribution >= 0.6 is 0 Å². The van der Waals surface area contributed by atoms with Crippen LogP contribution in [-0.2, 0) is 6.42 Å². The van der Waals surface area contributed by atoms with Crippen LogP contribution in [0.1, 0.15) is 50.5 Å². The summed E-state index contributed by atoms with van der Waals surface area (Å²) in [5, 5.41) is 0. The molecule has 0 aromatic heterocycles. The van der Waals surface area contributed by atoms with Crippen molar-refractivity contribution in [2.24, 2.45) is 5.73 Å². The van der Waals surface area contributed by atoms with Gasteiger partial charge in [0.1, 0.15) is 0 Å². The first-order valence-corrected chi connectivity index (χ1v) is 6.67. The van der Waals surface area contributed by atoms with Gasteiger partial charge in [0.2, 0.25) is 0 Å². The molecule has 0 aliphatic heterocycles. The van der Waals surface area contributed by atoms with Gasteiger partial charge in [-0.3, -0.25) is 0 Å². The van der Waals surface area contributed by atoms with E-state index in [9.17, 15) is 0 Å². The predicted molar refractivity (Wildman–Crippen MR) is 71.5 cm³/mol. The summed E-state index contributed by atoms with van der Waals surface area (Å²) < 4.78 is 0. The van der Waals surface area contributed by atoms with Gasteiger partial charge in [-0.25, -0.2) is 0 Å². The van der Waals surface area contributed by atoms with Gasteiger partial charge in [-0.1, -0.05) is 62.4 Å². The second kappa shape index (κ2) is 9.41. The Hall–Kier alpha value is -0.820. The highest BCUT2D eigenvalue weighted by atomic mass is 14.5. The fraction of sp³-hybridized carbons (Fsp3) is 0.600. The predicted octanol–water partition coefficient (Wildman–Crippen LogP) is 3.92. The van der Waals surface area contributed by atoms with E-state index in [0.717, 1.165) is 6.54 Å². The van der Waals surface area contributed by atoms with Gasteiger partial charge in [0.05, 0.1) is 0 Å². The topological polar surface area (TPSA) is 26.0 Å². The Bertz CT molecular complexity index is 243. The third-order valence-electron chi connectivity index (χ3n) is 3.01. The molecule has 2 N–H and O–H groups in total. The van der Waals surface area contributed by atoms with Crippen molar-refractivity contribution in [3.05, 3.63) is 35.9 Å². The van der Waals surface area contributed by atoms with Crippen LogP contribution in [0.2, 0.25) is 0 Å². The Morgan fingerprint density at radius 1 is 0.688 bits per heavy atom. The second-order valence-corrected chi connectivity index (χ2v) is 4.50. The molecule has 1 heteroatoms. The van der Waals surface area contributed by atoms with Crippen LogP contribution in [0, 0.1) is 0 Å². The number of aryl methyl sites for hydroxylation is 1. The molecule has 1 rings (SSSR count). The Balaban J connectivity index is 1.89. The molecule has 0 spiro atoms. The largest absolute Gasteiger partial charge is 0.330 e. The number of rotatable bonds is 9. The third-order valence-corrected chi connectivity index (χ3v) is 3.01. The van der Waals surface area contributed by atoms with E-state index in [-0.39, 0.29) is 0 Å². The third kappa shape index (κ3) is 6.62. The summed E-state index contributed by atoms with van der Waals surface area (Å²) in [6.45, 7) is 0.855. The molecule has 0 fully saturated rings. The first kappa shape index (κ1) is 13.2. The SMILES string of the molecule is NCCCCCCCCCc1ccccc1. The molecule has 0 aliphatic rings. The van der Waals surface area contributed by atoms with E-state index in [2.05, 4.69) is 30.3 Å². The molecular weight excluding hydrogens is 194 g/mol. The number of unbranched alkanes of at least 4 members (excludes halogenated alkanes) is 6. The highest BCUT2D eigenvalue weighted by Crippen LogP contribution is 2.10. The summed E-state index contributed by atoms with van der Waals surface area (Å²) in [5.41, 5.74) is 6.93. The zero-order valence-corrected chi connectivity index (χ0v) is 10.3. The number of hydrogen-bond acceptors (Lipinski definition) is 1. The summed E-state index contributed by atoms with van der Waals surface area (Å²) >= 11 is 0. The van der Waals surface area contributed by atoms with E-state index in [1.54, 1.807) is 0 Å². The highest BCUT2D eigenvalue weighted by Gasteiger charge is 1.93. The highest BCUT2D eigenvalue weighted by molar-refractivity contribution is 5.14. The van der Waals surface area contributed by atoms with Crippen LogP contribution in [-0.4, -0.2) is 6.54 Å². The van der Waals surface area contributed by atoms with Crippen LogP contribution in [0.25, 0.3) is 0 Å². The lowest BCUT2D eigenvalue weighted by Crippen LogP contribution is -1.97. The van der Waals surface area contributed by atoms with Crippen LogP contribution < -0.4 is 5.73 Å². The fourth-order valence-corrected chi connectivity index (χ4v) is 2.00. The molecule has 0 atom stereocenters. The maximum absolute atomic E-state index is 5.46. The lowest BCUT2D eigenvalue weighted by Gasteiger charge is -2.02. The van der Waals surface area contributed by atoms with E-state index in [1.807, 2.05) is 0 Å². The summed E-state index contributed by atoms with van der Waals surface area (Å²) in [6.07, 6.45) is 10.6. The maximum atomic E-state index is 5.46. The van der Waals surface area contributed by atoms with Crippen molar-refractivity contribution in [1.29, 1.82) is 0 Å². The summed E-state index contributed by atoms with van der Waals surface area (Å²) in [6, 6.07) is 10.8. The van der Waals surface area contributed by atoms with Crippen molar-refractivity contribution >= 4 is 0 Å². The average Bonchev–Trinajstić information content (AvgIpc) is 2.34. The Morgan fingerprint density at radius 3 is 1.88 bits per heavy atom. The summed E-state index contributed by atoms with van der Waals surface area (Å²) in [7, 11) is 0. The lowest BCUT2D eigenvalue weighted by molar-refractivity contribution is 0.582. The first-order valence-electron chi connectivity index (χ1n) is 6.67. The van der Waals surface area contributed by atoms with E-state index in [4.69, 9.17) is 5.73 Å². The van der Waals surface area contributed by atoms with E-state index in [1.165, 1.54) is 56.9 Å². The quantitative estimate of drug-likeness (QED) is 0.626. The average molecular weight is 219 g/mol. The van der Waals surface area contributed by atoms with Gasteiger partial charge < -0.3 is 5.73 Å². The molecule has 1 nitrogen and oxygen atoms in total. The van der Waals surface area contributed by atoms with Gasteiger partial charge in [0, 0.05) is 0 Å². The van der Waals surface area contributed by atoms with Gasteiger partial charge in [-0.2, -0.15) is 0 Å². The van der Waals surface area contributed by atoms with E-state index >= 15 is 0 Å². The molecule has 0 saturated carbocycles. The molecule has 90 valence electrons. The van der Waals surface area contributed by atoms with Gasteiger partial charge in [0.15, 0.2) is 0 Å². The van der Waals surface area contributed by atoms with E-state index < -0.39 is 0 Å². The molecule has 0 bridgehead atoms. The molecule has 0 unspecified atom stereocenters. The van der Waals surface area contributed by atoms with Crippen molar-refractivity contribution < 1.29 is 0 Å². The molecule has 1 aromatic rings. The molecule has 0 saturated heterocycles. The van der Waals surface area contributed by atoms with Crippen LogP contribution in [0.3, 0.4) is 0 Å². The molecule has 0 amide bonds. The van der Waals surface area contributed by atoms with Crippen molar-refractivity contribution in [2.45, 2.75) is 51.4 Å². The molecule has 0 aliphatic carbocycles.